The predicted octanol–water partition coefficient (Wildman–Crippen LogP) is 0.988. The monoisotopic (exact) mass is 286 g/mol. The molecule has 7 heteroatoms. The van der Waals surface area contributed by atoms with Crippen LogP contribution in [0.15, 0.2) is 24.3 Å². The highest BCUT2D eigenvalue weighted by molar-refractivity contribution is 7.93. The summed E-state index contributed by atoms with van der Waals surface area (Å²) in [7, 11) is -2.61. The van der Waals surface area contributed by atoms with Crippen molar-refractivity contribution >= 4 is 27.4 Å². The Morgan fingerprint density at radius 2 is 2.11 bits per heavy atom. The summed E-state index contributed by atoms with van der Waals surface area (Å²) >= 11 is 0. The van der Waals surface area contributed by atoms with Crippen molar-refractivity contribution in [3.8, 4) is 0 Å². The Balaban J connectivity index is 3.10. The summed E-state index contributed by atoms with van der Waals surface area (Å²) in [6, 6.07) is 6.53. The molecule has 0 radical (unpaired) electrons. The van der Waals surface area contributed by atoms with E-state index < -0.39 is 21.7 Å². The summed E-state index contributed by atoms with van der Waals surface area (Å²) in [5.41, 5.74) is 6.56. The van der Waals surface area contributed by atoms with Crippen LogP contribution in [0.5, 0.6) is 0 Å². The van der Waals surface area contributed by atoms with Gasteiger partial charge in [0.2, 0.25) is 10.0 Å². The minimum absolute atomic E-state index is 0.281. The standard InChI is InChI=1S/C12H18N2O4S/c1-3-7-14(11-6-4-5-10(13)8-11)19(16,17)9-12(15)18-2/h4-6,8H,3,7,9,13H2,1-2H3. The van der Waals surface area contributed by atoms with Crippen LogP contribution >= 0.6 is 0 Å². The SMILES string of the molecule is CCCN(c1cccc(N)c1)S(=O)(=O)CC(=O)OC. The normalized spacial score (nSPS) is 11.1. The highest BCUT2D eigenvalue weighted by Gasteiger charge is 2.25. The van der Waals surface area contributed by atoms with Crippen LogP contribution < -0.4 is 10.0 Å². The molecule has 0 amide bonds. The van der Waals surface area contributed by atoms with Crippen LogP contribution in [0.4, 0.5) is 11.4 Å². The van der Waals surface area contributed by atoms with E-state index in [1.54, 1.807) is 24.3 Å². The number of carbonyl (C=O) groups is 1. The topological polar surface area (TPSA) is 89.7 Å². The van der Waals surface area contributed by atoms with Gasteiger partial charge in [-0.15, -0.1) is 0 Å². The van der Waals surface area contributed by atoms with Crippen LogP contribution in [0.25, 0.3) is 0 Å². The second-order valence-corrected chi connectivity index (χ2v) is 5.89. The third kappa shape index (κ3) is 4.13. The van der Waals surface area contributed by atoms with Crippen molar-refractivity contribution in [3.05, 3.63) is 24.3 Å². The number of nitrogen functional groups attached to an aromatic ring is 1. The Labute approximate surface area is 113 Å². The number of methoxy groups -OCH3 is 1. The Kier molecular flexibility index (Phi) is 5.17. The van der Waals surface area contributed by atoms with Gasteiger partial charge in [-0.05, 0) is 24.6 Å². The Morgan fingerprint density at radius 3 is 2.63 bits per heavy atom. The van der Waals surface area contributed by atoms with Gasteiger partial charge in [-0.3, -0.25) is 9.10 Å². The highest BCUT2D eigenvalue weighted by atomic mass is 32.2. The van der Waals surface area contributed by atoms with E-state index in [2.05, 4.69) is 4.74 Å². The molecule has 0 unspecified atom stereocenters. The van der Waals surface area contributed by atoms with Gasteiger partial charge < -0.3 is 10.5 Å². The third-order valence-electron chi connectivity index (χ3n) is 2.45. The molecule has 6 nitrogen and oxygen atoms in total. The van der Waals surface area contributed by atoms with E-state index in [1.807, 2.05) is 6.92 Å². The van der Waals surface area contributed by atoms with Gasteiger partial charge in [0.15, 0.2) is 5.75 Å². The van der Waals surface area contributed by atoms with Crippen LogP contribution in [0.1, 0.15) is 13.3 Å². The molecule has 2 N–H and O–H groups in total. The van der Waals surface area contributed by atoms with Gasteiger partial charge in [0.1, 0.15) is 0 Å². The number of anilines is 2. The maximum atomic E-state index is 12.2. The zero-order chi connectivity index (χ0) is 14.5. The van der Waals surface area contributed by atoms with Crippen LogP contribution in [0.2, 0.25) is 0 Å². The number of carbonyl (C=O) groups excluding carboxylic acids is 1. The van der Waals surface area contributed by atoms with Gasteiger partial charge in [0, 0.05) is 12.2 Å². The van der Waals surface area contributed by atoms with Crippen molar-refractivity contribution in [1.29, 1.82) is 0 Å². The lowest BCUT2D eigenvalue weighted by atomic mass is 10.3. The lowest BCUT2D eigenvalue weighted by Gasteiger charge is -2.23. The lowest BCUT2D eigenvalue weighted by molar-refractivity contribution is -0.137. The summed E-state index contributed by atoms with van der Waals surface area (Å²) in [5.74, 6) is -1.47. The summed E-state index contributed by atoms with van der Waals surface area (Å²) < 4.78 is 30.0. The molecule has 19 heavy (non-hydrogen) atoms. The molecular formula is C12H18N2O4S. The summed E-state index contributed by atoms with van der Waals surface area (Å²) in [5, 5.41) is 0. The van der Waals surface area contributed by atoms with E-state index in [9.17, 15) is 13.2 Å². The van der Waals surface area contributed by atoms with Crippen molar-refractivity contribution < 1.29 is 17.9 Å². The molecule has 0 heterocycles. The molecule has 0 aliphatic heterocycles. The number of esters is 1. The molecule has 0 aliphatic rings. The van der Waals surface area contributed by atoms with Crippen LogP contribution in [0.3, 0.4) is 0 Å². The lowest BCUT2D eigenvalue weighted by Crippen LogP contribution is -2.36. The van der Waals surface area contributed by atoms with Crippen molar-refractivity contribution in [2.75, 3.05) is 29.4 Å². The van der Waals surface area contributed by atoms with Gasteiger partial charge in [0.25, 0.3) is 0 Å². The van der Waals surface area contributed by atoms with Crippen molar-refractivity contribution in [2.45, 2.75) is 13.3 Å². The van der Waals surface area contributed by atoms with E-state index in [-0.39, 0.29) is 6.54 Å². The number of ether oxygens (including phenoxy) is 1. The van der Waals surface area contributed by atoms with Crippen LogP contribution in [-0.4, -0.2) is 33.8 Å². The number of benzene rings is 1. The van der Waals surface area contributed by atoms with E-state index >= 15 is 0 Å². The van der Waals surface area contributed by atoms with Gasteiger partial charge >= 0.3 is 5.97 Å². The predicted molar refractivity (Wildman–Crippen MR) is 74.3 cm³/mol. The van der Waals surface area contributed by atoms with Gasteiger partial charge in [-0.2, -0.15) is 0 Å². The first-order valence-electron chi connectivity index (χ1n) is 5.83. The highest BCUT2D eigenvalue weighted by Crippen LogP contribution is 2.21. The molecule has 0 saturated heterocycles. The van der Waals surface area contributed by atoms with E-state index in [0.717, 1.165) is 7.11 Å². The molecule has 1 rings (SSSR count). The number of hydrogen-bond acceptors (Lipinski definition) is 5. The zero-order valence-corrected chi connectivity index (χ0v) is 11.8. The summed E-state index contributed by atoms with van der Waals surface area (Å²) in [4.78, 5) is 11.2. The fraction of sp³-hybridized carbons (Fsp3) is 0.417. The molecule has 0 aliphatic carbocycles. The first-order valence-corrected chi connectivity index (χ1v) is 7.44. The number of hydrogen-bond donors (Lipinski definition) is 1. The molecule has 0 saturated carbocycles. The van der Waals surface area contributed by atoms with E-state index in [4.69, 9.17) is 5.73 Å². The molecule has 0 spiro atoms. The molecule has 1 aromatic rings. The van der Waals surface area contributed by atoms with Crippen molar-refractivity contribution in [1.82, 2.24) is 0 Å². The third-order valence-corrected chi connectivity index (χ3v) is 4.11. The number of nitrogens with two attached hydrogens (primary N) is 1. The second kappa shape index (κ2) is 6.42. The Hall–Kier alpha value is -1.76. The van der Waals surface area contributed by atoms with Crippen LogP contribution in [-0.2, 0) is 19.6 Å². The maximum absolute atomic E-state index is 12.2. The van der Waals surface area contributed by atoms with Crippen LogP contribution in [0, 0.1) is 0 Å². The Bertz CT molecular complexity index is 542. The molecule has 0 aromatic heterocycles. The Morgan fingerprint density at radius 1 is 1.42 bits per heavy atom. The number of rotatable bonds is 6. The average Bonchev–Trinajstić information content (AvgIpc) is 2.35. The molecular weight excluding hydrogens is 268 g/mol. The molecule has 0 bridgehead atoms. The maximum Gasteiger partial charge on any atom is 0.322 e. The van der Waals surface area contributed by atoms with E-state index in [0.29, 0.717) is 17.8 Å². The minimum Gasteiger partial charge on any atom is -0.468 e. The number of sulfonamides is 1. The zero-order valence-electron chi connectivity index (χ0n) is 11.0. The molecule has 1 aromatic carbocycles. The molecule has 0 atom stereocenters. The fourth-order valence-electron chi connectivity index (χ4n) is 1.60. The second-order valence-electron chi connectivity index (χ2n) is 4.00. The molecule has 0 fully saturated rings. The first-order chi connectivity index (χ1) is 8.90. The van der Waals surface area contributed by atoms with Gasteiger partial charge in [0.05, 0.1) is 12.8 Å². The minimum atomic E-state index is -3.76. The smallest absolute Gasteiger partial charge is 0.322 e. The molecule has 106 valence electrons. The van der Waals surface area contributed by atoms with E-state index in [1.165, 1.54) is 4.31 Å². The summed E-state index contributed by atoms with van der Waals surface area (Å²) in [6.45, 7) is 2.13. The fourth-order valence-corrected chi connectivity index (χ4v) is 3.06. The number of nitrogens with zero attached hydrogens (tertiary/aromatic N) is 1. The quantitative estimate of drug-likeness (QED) is 0.622. The largest absolute Gasteiger partial charge is 0.468 e. The average molecular weight is 286 g/mol. The first kappa shape index (κ1) is 15.3. The van der Waals surface area contributed by atoms with Crippen molar-refractivity contribution in [3.63, 3.8) is 0 Å². The van der Waals surface area contributed by atoms with Crippen molar-refractivity contribution in [2.24, 2.45) is 0 Å². The van der Waals surface area contributed by atoms with Gasteiger partial charge in [-0.1, -0.05) is 13.0 Å². The van der Waals surface area contributed by atoms with Gasteiger partial charge in [-0.25, -0.2) is 8.42 Å². The summed E-state index contributed by atoms with van der Waals surface area (Å²) in [6.07, 6.45) is 0.620.